The fourth-order valence-electron chi connectivity index (χ4n) is 3.84. The first-order chi connectivity index (χ1) is 9.74. The summed E-state index contributed by atoms with van der Waals surface area (Å²) in [5.74, 6) is -2.48. The molecule has 22 heavy (non-hydrogen) atoms. The van der Waals surface area contributed by atoms with Gasteiger partial charge in [-0.15, -0.1) is 0 Å². The normalized spacial score (nSPS) is 30.3. The fourth-order valence-corrected chi connectivity index (χ4v) is 3.84. The van der Waals surface area contributed by atoms with Crippen LogP contribution in [0, 0.1) is 0 Å². The van der Waals surface area contributed by atoms with Crippen LogP contribution in [0.3, 0.4) is 0 Å². The highest BCUT2D eigenvalue weighted by Gasteiger charge is 2.46. The highest BCUT2D eigenvalue weighted by atomic mass is 19.3. The zero-order valence-corrected chi connectivity index (χ0v) is 15.8. The minimum Gasteiger partial charge on any atom is -0.296 e. The second kappa shape index (κ2) is 6.72. The molecule has 132 valence electrons. The Labute approximate surface area is 136 Å². The standard InChI is InChI=1S/C9H17F2N.C9H19N/c1-7-5-9(10,11)6-12(7)8(2,3)4;1-8-6-5-7-10(8)9(2,3)4/h7H,5-6H2,1-4H3;8H,5-7H2,1-4H3/t7-;8-/m00/s1. The number of hydrogen-bond acceptors (Lipinski definition) is 2. The first kappa shape index (κ1) is 19.8. The monoisotopic (exact) mass is 318 g/mol. The topological polar surface area (TPSA) is 6.48 Å². The Kier molecular flexibility index (Phi) is 6.06. The van der Waals surface area contributed by atoms with Crippen LogP contribution in [0.15, 0.2) is 0 Å². The summed E-state index contributed by atoms with van der Waals surface area (Å²) in [6.45, 7) is 18.2. The third-order valence-corrected chi connectivity index (χ3v) is 4.80. The second-order valence-electron chi connectivity index (χ2n) is 9.06. The molecule has 0 aromatic heterocycles. The van der Waals surface area contributed by atoms with Gasteiger partial charge in [-0.1, -0.05) is 0 Å². The number of rotatable bonds is 0. The van der Waals surface area contributed by atoms with Gasteiger partial charge in [0.15, 0.2) is 0 Å². The van der Waals surface area contributed by atoms with E-state index in [1.54, 1.807) is 0 Å². The molecule has 4 heteroatoms. The van der Waals surface area contributed by atoms with Gasteiger partial charge in [-0.05, 0) is 74.8 Å². The molecule has 2 rings (SSSR count). The maximum Gasteiger partial charge on any atom is 0.262 e. The van der Waals surface area contributed by atoms with Gasteiger partial charge in [0.1, 0.15) is 0 Å². The molecule has 0 spiro atoms. The van der Waals surface area contributed by atoms with Crippen molar-refractivity contribution in [2.45, 2.75) is 104 Å². The fraction of sp³-hybridized carbons (Fsp3) is 1.00. The van der Waals surface area contributed by atoms with Crippen molar-refractivity contribution in [2.75, 3.05) is 13.1 Å². The third kappa shape index (κ3) is 5.45. The Bertz CT molecular complexity index is 355. The van der Waals surface area contributed by atoms with E-state index in [0.717, 1.165) is 6.04 Å². The first-order valence-corrected chi connectivity index (χ1v) is 8.65. The molecule has 2 aliphatic heterocycles. The summed E-state index contributed by atoms with van der Waals surface area (Å²) in [7, 11) is 0. The minimum atomic E-state index is -2.48. The van der Waals surface area contributed by atoms with E-state index < -0.39 is 5.92 Å². The zero-order chi connectivity index (χ0) is 17.3. The van der Waals surface area contributed by atoms with Crippen molar-refractivity contribution < 1.29 is 8.78 Å². The van der Waals surface area contributed by atoms with Gasteiger partial charge in [-0.2, -0.15) is 0 Å². The number of nitrogens with zero attached hydrogens (tertiary/aromatic N) is 2. The largest absolute Gasteiger partial charge is 0.296 e. The van der Waals surface area contributed by atoms with Gasteiger partial charge in [0.25, 0.3) is 5.92 Å². The van der Waals surface area contributed by atoms with Crippen molar-refractivity contribution in [1.29, 1.82) is 0 Å². The molecule has 0 amide bonds. The molecule has 0 radical (unpaired) electrons. The summed E-state index contributed by atoms with van der Waals surface area (Å²) in [4.78, 5) is 4.46. The second-order valence-corrected chi connectivity index (χ2v) is 9.06. The van der Waals surface area contributed by atoms with Crippen molar-refractivity contribution in [2.24, 2.45) is 0 Å². The average Bonchev–Trinajstić information content (AvgIpc) is 2.81. The number of likely N-dealkylation sites (tertiary alicyclic amines) is 2. The first-order valence-electron chi connectivity index (χ1n) is 8.65. The van der Waals surface area contributed by atoms with Crippen molar-refractivity contribution in [3.8, 4) is 0 Å². The van der Waals surface area contributed by atoms with Crippen molar-refractivity contribution >= 4 is 0 Å². The predicted octanol–water partition coefficient (Wildman–Crippen LogP) is 4.78. The minimum absolute atomic E-state index is 0.000000000000000444. The molecule has 0 aromatic rings. The van der Waals surface area contributed by atoms with E-state index in [1.807, 2.05) is 32.6 Å². The lowest BCUT2D eigenvalue weighted by Gasteiger charge is -2.35. The molecule has 0 N–H and O–H groups in total. The summed E-state index contributed by atoms with van der Waals surface area (Å²) < 4.78 is 25.9. The Morgan fingerprint density at radius 3 is 1.55 bits per heavy atom. The van der Waals surface area contributed by atoms with Crippen LogP contribution in [0.25, 0.3) is 0 Å². The molecule has 2 saturated heterocycles. The van der Waals surface area contributed by atoms with Gasteiger partial charge < -0.3 is 0 Å². The number of halogens is 2. The van der Waals surface area contributed by atoms with Crippen LogP contribution in [0.1, 0.15) is 74.7 Å². The van der Waals surface area contributed by atoms with E-state index in [9.17, 15) is 8.78 Å². The summed E-state index contributed by atoms with van der Waals surface area (Å²) in [6.07, 6.45) is 2.78. The quantitative estimate of drug-likeness (QED) is 0.634. The molecule has 0 bridgehead atoms. The Morgan fingerprint density at radius 2 is 1.36 bits per heavy atom. The Morgan fingerprint density at radius 1 is 0.864 bits per heavy atom. The maximum absolute atomic E-state index is 12.9. The van der Waals surface area contributed by atoms with E-state index >= 15 is 0 Å². The molecule has 2 heterocycles. The van der Waals surface area contributed by atoms with Crippen LogP contribution in [-0.2, 0) is 0 Å². The summed E-state index contributed by atoms with van der Waals surface area (Å²) in [6, 6.07) is 0.806. The molecule has 2 fully saturated rings. The van der Waals surface area contributed by atoms with Gasteiger partial charge >= 0.3 is 0 Å². The lowest BCUT2D eigenvalue weighted by atomic mass is 10.1. The molecular weight excluding hydrogens is 282 g/mol. The van der Waals surface area contributed by atoms with Gasteiger partial charge in [-0.25, -0.2) is 8.78 Å². The summed E-state index contributed by atoms with van der Waals surface area (Å²) >= 11 is 0. The Balaban J connectivity index is 0.000000224. The SMILES string of the molecule is C[C@H]1CC(F)(F)CN1C(C)(C)C.C[C@H]1CCCN1C(C)(C)C. The van der Waals surface area contributed by atoms with Gasteiger partial charge in [0, 0.05) is 29.6 Å². The van der Waals surface area contributed by atoms with Crippen LogP contribution < -0.4 is 0 Å². The number of hydrogen-bond donors (Lipinski definition) is 0. The molecular formula is C18H36F2N2. The number of alkyl halides is 2. The van der Waals surface area contributed by atoms with Crippen molar-refractivity contribution in [1.82, 2.24) is 9.80 Å². The molecule has 2 aliphatic rings. The highest BCUT2D eigenvalue weighted by molar-refractivity contribution is 4.93. The predicted molar refractivity (Wildman–Crippen MR) is 90.6 cm³/mol. The third-order valence-electron chi connectivity index (χ3n) is 4.80. The van der Waals surface area contributed by atoms with Crippen LogP contribution in [0.5, 0.6) is 0 Å². The zero-order valence-electron chi connectivity index (χ0n) is 15.8. The lowest BCUT2D eigenvalue weighted by Crippen LogP contribution is -2.44. The smallest absolute Gasteiger partial charge is 0.262 e. The van der Waals surface area contributed by atoms with Gasteiger partial charge in [0.05, 0.1) is 6.54 Å². The van der Waals surface area contributed by atoms with E-state index in [2.05, 4.69) is 32.6 Å². The van der Waals surface area contributed by atoms with Gasteiger partial charge in [-0.3, -0.25) is 9.80 Å². The van der Waals surface area contributed by atoms with Crippen molar-refractivity contribution in [3.63, 3.8) is 0 Å². The van der Waals surface area contributed by atoms with Crippen LogP contribution in [-0.4, -0.2) is 52.0 Å². The van der Waals surface area contributed by atoms with Crippen LogP contribution in [0.4, 0.5) is 8.78 Å². The van der Waals surface area contributed by atoms with E-state index in [0.29, 0.717) is 5.54 Å². The molecule has 0 saturated carbocycles. The summed E-state index contributed by atoms with van der Waals surface area (Å²) in [5, 5.41) is 0. The molecule has 0 aliphatic carbocycles. The van der Waals surface area contributed by atoms with Crippen LogP contribution in [0.2, 0.25) is 0 Å². The Hall–Kier alpha value is -0.220. The molecule has 0 aromatic carbocycles. The van der Waals surface area contributed by atoms with Crippen molar-refractivity contribution in [3.05, 3.63) is 0 Å². The van der Waals surface area contributed by atoms with E-state index in [4.69, 9.17) is 0 Å². The molecule has 2 nitrogen and oxygen atoms in total. The lowest BCUT2D eigenvalue weighted by molar-refractivity contribution is 0.00143. The van der Waals surface area contributed by atoms with Gasteiger partial charge in [0.2, 0.25) is 0 Å². The van der Waals surface area contributed by atoms with Crippen LogP contribution >= 0.6 is 0 Å². The van der Waals surface area contributed by atoms with E-state index in [1.165, 1.54) is 19.4 Å². The van der Waals surface area contributed by atoms with E-state index in [-0.39, 0.29) is 24.5 Å². The summed E-state index contributed by atoms with van der Waals surface area (Å²) in [5.41, 5.74) is 0.245. The molecule has 0 unspecified atom stereocenters. The maximum atomic E-state index is 12.9. The average molecular weight is 318 g/mol. The highest BCUT2D eigenvalue weighted by Crippen LogP contribution is 2.35. The molecule has 2 atom stereocenters.